The summed E-state index contributed by atoms with van der Waals surface area (Å²) in [7, 11) is -4.17. The van der Waals surface area contributed by atoms with Gasteiger partial charge < -0.3 is 4.74 Å². The van der Waals surface area contributed by atoms with Crippen molar-refractivity contribution in [1.82, 2.24) is 14.7 Å². The van der Waals surface area contributed by atoms with Crippen LogP contribution in [-0.4, -0.2) is 24.3 Å². The molecule has 3 aromatic rings. The van der Waals surface area contributed by atoms with E-state index in [1.165, 1.54) is 6.07 Å². The molecule has 1 aliphatic carbocycles. The minimum absolute atomic E-state index is 0. The van der Waals surface area contributed by atoms with Crippen LogP contribution in [0.25, 0.3) is 0 Å². The number of nitrogens with zero attached hydrogens (tertiary/aromatic N) is 2. The Morgan fingerprint density at radius 2 is 1.64 bits per heavy atom. The van der Waals surface area contributed by atoms with Gasteiger partial charge in [-0.25, -0.2) is 14.7 Å². The van der Waals surface area contributed by atoms with Gasteiger partial charge in [-0.1, -0.05) is 43.5 Å². The van der Waals surface area contributed by atoms with Crippen molar-refractivity contribution in [3.63, 3.8) is 0 Å². The molecule has 0 atom stereocenters. The van der Waals surface area contributed by atoms with Crippen molar-refractivity contribution in [1.29, 1.82) is 0 Å². The summed E-state index contributed by atoms with van der Waals surface area (Å²) in [5, 5.41) is -0.218. The van der Waals surface area contributed by atoms with E-state index in [1.807, 2.05) is 39.0 Å². The summed E-state index contributed by atoms with van der Waals surface area (Å²) in [6, 6.07) is 12.1. The van der Waals surface area contributed by atoms with Crippen LogP contribution in [0.1, 0.15) is 79.8 Å². The summed E-state index contributed by atoms with van der Waals surface area (Å²) in [4.78, 5) is 22.1. The summed E-state index contributed by atoms with van der Waals surface area (Å²) in [6.45, 7) is 9.84. The first-order chi connectivity index (χ1) is 17.0. The number of sulfonamides is 1. The van der Waals surface area contributed by atoms with Gasteiger partial charge >= 0.3 is 0 Å². The van der Waals surface area contributed by atoms with E-state index in [9.17, 15) is 13.2 Å². The Balaban J connectivity index is 0.00000253. The molecule has 8 heteroatoms. The Morgan fingerprint density at radius 3 is 2.28 bits per heavy atom. The summed E-state index contributed by atoms with van der Waals surface area (Å²) < 4.78 is 34.1. The van der Waals surface area contributed by atoms with Crippen molar-refractivity contribution < 1.29 is 20.8 Å². The molecule has 2 heterocycles. The lowest BCUT2D eigenvalue weighted by atomic mass is 9.81. The van der Waals surface area contributed by atoms with E-state index >= 15 is 0 Å². The van der Waals surface area contributed by atoms with Gasteiger partial charge in [0.1, 0.15) is 11.3 Å². The van der Waals surface area contributed by atoms with Crippen LogP contribution < -0.4 is 9.46 Å². The minimum atomic E-state index is -4.17. The van der Waals surface area contributed by atoms with Gasteiger partial charge in [0, 0.05) is 20.2 Å². The average Bonchev–Trinajstić information content (AvgIpc) is 2.81. The Labute approximate surface area is 216 Å². The van der Waals surface area contributed by atoms with Gasteiger partial charge in [-0.05, 0) is 81.8 Å². The van der Waals surface area contributed by atoms with Gasteiger partial charge in [0.05, 0.1) is 0 Å². The molecular formula is C28H37N3O4S. The normalized spacial score (nSPS) is 18.0. The number of pyridine rings is 2. The first kappa shape index (κ1) is 25.8. The molecular weight excluding hydrogens is 474 g/mol. The molecule has 36 heavy (non-hydrogen) atoms. The summed E-state index contributed by atoms with van der Waals surface area (Å²) in [5.74, 6) is 0.874. The number of nitrogens with one attached hydrogen (secondary N) is 1. The van der Waals surface area contributed by atoms with Crippen LogP contribution in [0, 0.1) is 33.6 Å². The molecule has 1 N–H and O–H groups in total. The Kier molecular flexibility index (Phi) is 7.45. The van der Waals surface area contributed by atoms with Crippen LogP contribution in [0.4, 0.5) is 0 Å². The zero-order valence-corrected chi connectivity index (χ0v) is 22.3. The molecule has 0 bridgehead atoms. The van der Waals surface area contributed by atoms with E-state index in [4.69, 9.17) is 9.72 Å². The maximum absolute atomic E-state index is 13.2. The van der Waals surface area contributed by atoms with E-state index in [2.05, 4.69) is 16.6 Å². The van der Waals surface area contributed by atoms with Crippen LogP contribution in [0.2, 0.25) is 0 Å². The van der Waals surface area contributed by atoms with Crippen LogP contribution in [0.5, 0.6) is 11.6 Å². The lowest BCUT2D eigenvalue weighted by Crippen LogP contribution is -2.31. The van der Waals surface area contributed by atoms with E-state index in [1.54, 1.807) is 25.1 Å². The van der Waals surface area contributed by atoms with Crippen LogP contribution >= 0.6 is 0 Å². The molecule has 1 fully saturated rings. The number of rotatable bonds is 6. The van der Waals surface area contributed by atoms with Gasteiger partial charge in [0.15, 0.2) is 5.03 Å². The smallest absolute Gasteiger partial charge is 0.281 e. The fraction of sp³-hybridized carbons (Fsp3) is 0.393. The number of carbonyl (C=O) groups is 1. The van der Waals surface area contributed by atoms with E-state index in [0.29, 0.717) is 17.4 Å². The fourth-order valence-electron chi connectivity index (χ4n) is 4.81. The topological polar surface area (TPSA) is 98.2 Å². The molecule has 4 rings (SSSR count). The van der Waals surface area contributed by atoms with E-state index in [0.717, 1.165) is 48.1 Å². The standard InChI is InChI=1S/C28H33N3O4S.2H2/c1-17-9-11-22(12-10-17)24-14-13-23(27(32)31-36(33,34)25-8-6-7-21(5)29-25)28(30-24)35-26-19(3)15-18(2)16-20(26)4;;/h6-8,13-17,22H,9-12H2,1-5H3,(H,31,32);2*1H. The van der Waals surface area contributed by atoms with Crippen molar-refractivity contribution >= 4 is 15.9 Å². The maximum Gasteiger partial charge on any atom is 0.281 e. The molecule has 0 aliphatic heterocycles. The van der Waals surface area contributed by atoms with Gasteiger partial charge in [-0.3, -0.25) is 4.79 Å². The highest BCUT2D eigenvalue weighted by Crippen LogP contribution is 2.37. The van der Waals surface area contributed by atoms with Crippen LogP contribution in [0.3, 0.4) is 0 Å². The van der Waals surface area contributed by atoms with Crippen molar-refractivity contribution in [2.45, 2.75) is 71.2 Å². The number of carbonyl (C=O) groups excluding carboxylic acids is 1. The molecule has 2 aromatic heterocycles. The fourth-order valence-corrected chi connectivity index (χ4v) is 5.79. The van der Waals surface area contributed by atoms with Crippen molar-refractivity contribution in [2.75, 3.05) is 0 Å². The Morgan fingerprint density at radius 1 is 0.972 bits per heavy atom. The molecule has 1 aromatic carbocycles. The second-order valence-electron chi connectivity index (χ2n) is 9.93. The molecule has 1 saturated carbocycles. The average molecular weight is 512 g/mol. The van der Waals surface area contributed by atoms with Gasteiger partial charge in [-0.15, -0.1) is 0 Å². The summed E-state index contributed by atoms with van der Waals surface area (Å²) in [5.41, 5.74) is 4.37. The largest absolute Gasteiger partial charge is 0.438 e. The Bertz CT molecular complexity index is 1380. The third-order valence-corrected chi connectivity index (χ3v) is 7.96. The second-order valence-corrected chi connectivity index (χ2v) is 11.6. The monoisotopic (exact) mass is 511 g/mol. The van der Waals surface area contributed by atoms with E-state index in [-0.39, 0.29) is 25.2 Å². The summed E-state index contributed by atoms with van der Waals surface area (Å²) >= 11 is 0. The number of hydrogen-bond acceptors (Lipinski definition) is 6. The van der Waals surface area contributed by atoms with Crippen LogP contribution in [0.15, 0.2) is 47.5 Å². The van der Waals surface area contributed by atoms with Crippen molar-refractivity contribution in [3.8, 4) is 11.6 Å². The molecule has 194 valence electrons. The second kappa shape index (κ2) is 10.4. The van der Waals surface area contributed by atoms with Crippen molar-refractivity contribution in [2.24, 2.45) is 5.92 Å². The highest BCUT2D eigenvalue weighted by Gasteiger charge is 2.27. The third-order valence-electron chi connectivity index (χ3n) is 6.73. The third kappa shape index (κ3) is 5.75. The maximum atomic E-state index is 13.2. The molecule has 0 radical (unpaired) electrons. The number of aromatic nitrogens is 2. The number of ether oxygens (including phenoxy) is 1. The molecule has 1 amide bonds. The number of benzene rings is 1. The number of hydrogen-bond donors (Lipinski definition) is 1. The Hall–Kier alpha value is -3.26. The number of aryl methyl sites for hydroxylation is 4. The molecule has 0 saturated heterocycles. The van der Waals surface area contributed by atoms with Gasteiger partial charge in [0.25, 0.3) is 15.9 Å². The molecule has 1 aliphatic rings. The van der Waals surface area contributed by atoms with Crippen molar-refractivity contribution in [3.05, 3.63) is 76.1 Å². The SMILES string of the molecule is Cc1cc(C)c(Oc2nc(C3CCC(C)CC3)ccc2C(=O)NS(=O)(=O)c2cccc(C)n2)c(C)c1.[HH].[HH]. The minimum Gasteiger partial charge on any atom is -0.438 e. The number of amides is 1. The zero-order chi connectivity index (χ0) is 26.0. The van der Waals surface area contributed by atoms with E-state index < -0.39 is 15.9 Å². The highest BCUT2D eigenvalue weighted by molar-refractivity contribution is 7.90. The zero-order valence-electron chi connectivity index (χ0n) is 21.5. The molecule has 0 spiro atoms. The quantitative estimate of drug-likeness (QED) is 0.411. The van der Waals surface area contributed by atoms with Gasteiger partial charge in [0.2, 0.25) is 5.88 Å². The predicted molar refractivity (Wildman–Crippen MR) is 143 cm³/mol. The van der Waals surface area contributed by atoms with Crippen LogP contribution in [-0.2, 0) is 10.0 Å². The predicted octanol–water partition coefficient (Wildman–Crippen LogP) is 6.41. The molecule has 7 nitrogen and oxygen atoms in total. The lowest BCUT2D eigenvalue weighted by molar-refractivity contribution is 0.0978. The van der Waals surface area contributed by atoms with Gasteiger partial charge in [-0.2, -0.15) is 8.42 Å². The first-order valence-electron chi connectivity index (χ1n) is 12.3. The first-order valence-corrected chi connectivity index (χ1v) is 13.8. The molecule has 0 unspecified atom stereocenters. The summed E-state index contributed by atoms with van der Waals surface area (Å²) in [6.07, 6.45) is 4.30. The highest BCUT2D eigenvalue weighted by atomic mass is 32.2. The lowest BCUT2D eigenvalue weighted by Gasteiger charge is -2.26.